The molecule has 0 amide bonds. The highest BCUT2D eigenvalue weighted by molar-refractivity contribution is 6.04. The number of fused-ring (bicyclic) bond motifs is 2. The first-order valence-electron chi connectivity index (χ1n) is 19.8. The molecule has 1 fully saturated rings. The lowest BCUT2D eigenvalue weighted by Gasteiger charge is -2.45. The van der Waals surface area contributed by atoms with E-state index in [4.69, 9.17) is 10.2 Å². The number of nitrogens with zero attached hydrogens (tertiary/aromatic N) is 4. The number of allylic oxidation sites excluding steroid dienone is 4. The van der Waals surface area contributed by atoms with Crippen LogP contribution in [0.5, 0.6) is 0 Å². The van der Waals surface area contributed by atoms with Crippen molar-refractivity contribution in [2.24, 2.45) is 10.8 Å². The molecule has 9 rings (SSSR count). The van der Waals surface area contributed by atoms with Crippen molar-refractivity contribution < 1.29 is 9.59 Å². The molecule has 0 saturated heterocycles. The molecule has 3 N–H and O–H groups in total. The van der Waals surface area contributed by atoms with Crippen LogP contribution >= 0.6 is 0 Å². The average molecular weight is 734 g/mol. The standard InChI is InChI=1S/C46H51N7O2/c1-42(2,3)39-37-41(49-30-20-43(4,5)22-32(54)34(30)45(37,7)28-14-10-9-11-15-28)52-53(39)25-44(6)21-31-35(33(55)23-44)46(8,29-16-12-13-26(19-29)24-47)36-38(27-17-18-27)50-51-40(36)48-31/h9-16,19,27H,17-18,20-23,25H2,1-8H3,(H,49,52)(H2,48,50,51)/t44?,45?,46-/m0/s1. The van der Waals surface area contributed by atoms with E-state index in [9.17, 15) is 14.9 Å². The smallest absolute Gasteiger partial charge is 0.162 e. The van der Waals surface area contributed by atoms with E-state index in [1.54, 1.807) is 0 Å². The minimum Gasteiger partial charge on any atom is -0.342 e. The first-order valence-corrected chi connectivity index (χ1v) is 19.8. The molecule has 4 heterocycles. The normalized spacial score (nSPS) is 27.0. The molecule has 4 aromatic rings. The van der Waals surface area contributed by atoms with Gasteiger partial charge in [-0.2, -0.15) is 15.5 Å². The Labute approximate surface area is 323 Å². The van der Waals surface area contributed by atoms with Crippen LogP contribution in [0.4, 0.5) is 11.6 Å². The zero-order valence-corrected chi connectivity index (χ0v) is 33.3. The van der Waals surface area contributed by atoms with Crippen molar-refractivity contribution in [3.63, 3.8) is 0 Å². The van der Waals surface area contributed by atoms with Gasteiger partial charge in [-0.05, 0) is 73.6 Å². The summed E-state index contributed by atoms with van der Waals surface area (Å²) < 4.78 is 2.15. The molecule has 1 saturated carbocycles. The molecule has 0 radical (unpaired) electrons. The average Bonchev–Trinajstić information content (AvgIpc) is 3.75. The molecule has 55 heavy (non-hydrogen) atoms. The Morgan fingerprint density at radius 3 is 2.11 bits per heavy atom. The number of aromatic nitrogens is 4. The van der Waals surface area contributed by atoms with Gasteiger partial charge >= 0.3 is 0 Å². The SMILES string of the molecule is CC1(C)CC(=O)C2=C(C1)Nc1nn(CC3(C)CC(=O)C4=C(C3)Nc3n[nH]c(C5CC5)c3[C@@]4(C)c3cccc(C#N)c3)c(C(C)(C)C)c1C2(C)c1ccccc1. The Hall–Kier alpha value is -5.23. The second kappa shape index (κ2) is 11.6. The third-order valence-corrected chi connectivity index (χ3v) is 13.1. The molecule has 9 heteroatoms. The number of ketones is 2. The van der Waals surface area contributed by atoms with Gasteiger partial charge in [0.1, 0.15) is 0 Å². The van der Waals surface area contributed by atoms with Crippen LogP contribution in [0.2, 0.25) is 0 Å². The van der Waals surface area contributed by atoms with Gasteiger partial charge in [0.25, 0.3) is 0 Å². The molecule has 3 atom stereocenters. The van der Waals surface area contributed by atoms with E-state index in [2.05, 4.69) is 106 Å². The molecule has 9 nitrogen and oxygen atoms in total. The molecule has 3 aliphatic carbocycles. The van der Waals surface area contributed by atoms with Gasteiger partial charge in [0.2, 0.25) is 0 Å². The van der Waals surface area contributed by atoms with Crippen LogP contribution in [0.1, 0.15) is 139 Å². The third-order valence-electron chi connectivity index (χ3n) is 13.1. The summed E-state index contributed by atoms with van der Waals surface area (Å²) in [5, 5.41) is 30.8. The Morgan fingerprint density at radius 1 is 0.800 bits per heavy atom. The van der Waals surface area contributed by atoms with Crippen molar-refractivity contribution in [2.75, 3.05) is 10.6 Å². The predicted molar refractivity (Wildman–Crippen MR) is 214 cm³/mol. The van der Waals surface area contributed by atoms with Crippen LogP contribution in [0.15, 0.2) is 77.1 Å². The van der Waals surface area contributed by atoms with Crippen LogP contribution in [0, 0.1) is 22.2 Å². The summed E-state index contributed by atoms with van der Waals surface area (Å²) in [5.74, 6) is 2.23. The number of Topliss-reactive ketones (excluding diaryl/α,β-unsaturated/α-hetero) is 2. The first-order chi connectivity index (χ1) is 26.0. The van der Waals surface area contributed by atoms with Crippen LogP contribution in [0.3, 0.4) is 0 Å². The number of carbonyl (C=O) groups is 2. The zero-order valence-electron chi connectivity index (χ0n) is 33.3. The fraction of sp³-hybridized carbons (Fsp3) is 0.457. The fourth-order valence-electron chi connectivity index (χ4n) is 10.7. The summed E-state index contributed by atoms with van der Waals surface area (Å²) in [5.41, 5.74) is 7.75. The van der Waals surface area contributed by atoms with Gasteiger partial charge in [-0.3, -0.25) is 19.4 Å². The summed E-state index contributed by atoms with van der Waals surface area (Å²) in [7, 11) is 0. The summed E-state index contributed by atoms with van der Waals surface area (Å²) in [6.07, 6.45) is 4.39. The molecule has 0 spiro atoms. The number of benzene rings is 2. The lowest BCUT2D eigenvalue weighted by Crippen LogP contribution is -2.44. The van der Waals surface area contributed by atoms with E-state index in [1.807, 2.05) is 30.3 Å². The molecule has 282 valence electrons. The fourth-order valence-corrected chi connectivity index (χ4v) is 10.7. The van der Waals surface area contributed by atoms with Gasteiger partial charge < -0.3 is 10.6 Å². The minimum atomic E-state index is -0.778. The van der Waals surface area contributed by atoms with E-state index in [0.717, 1.165) is 87.1 Å². The van der Waals surface area contributed by atoms with E-state index in [-0.39, 0.29) is 22.4 Å². The maximum absolute atomic E-state index is 15.0. The van der Waals surface area contributed by atoms with Crippen molar-refractivity contribution in [1.82, 2.24) is 20.0 Å². The molecular formula is C46H51N7O2. The Kier molecular flexibility index (Phi) is 7.51. The Balaban J connectivity index is 1.17. The number of nitrogens with one attached hydrogen (secondary N) is 3. The lowest BCUT2D eigenvalue weighted by molar-refractivity contribution is -0.119. The predicted octanol–water partition coefficient (Wildman–Crippen LogP) is 9.08. The van der Waals surface area contributed by atoms with Crippen molar-refractivity contribution >= 4 is 23.2 Å². The maximum Gasteiger partial charge on any atom is 0.162 e. The summed E-state index contributed by atoms with van der Waals surface area (Å²) >= 11 is 0. The largest absolute Gasteiger partial charge is 0.342 e. The third kappa shape index (κ3) is 5.31. The number of aromatic amines is 1. The summed E-state index contributed by atoms with van der Waals surface area (Å²) in [6, 6.07) is 20.5. The van der Waals surface area contributed by atoms with Crippen molar-refractivity contribution in [1.29, 1.82) is 5.26 Å². The van der Waals surface area contributed by atoms with E-state index >= 15 is 0 Å². The van der Waals surface area contributed by atoms with Gasteiger partial charge in [-0.25, -0.2) is 0 Å². The second-order valence-electron chi connectivity index (χ2n) is 19.4. The molecule has 2 aromatic heterocycles. The van der Waals surface area contributed by atoms with E-state index in [1.165, 1.54) is 0 Å². The van der Waals surface area contributed by atoms with Crippen LogP contribution < -0.4 is 10.6 Å². The molecule has 2 unspecified atom stereocenters. The van der Waals surface area contributed by atoms with E-state index in [0.29, 0.717) is 37.3 Å². The molecule has 2 aromatic carbocycles. The Bertz CT molecular complexity index is 2430. The first kappa shape index (κ1) is 35.5. The number of carbonyl (C=O) groups excluding carboxylic acids is 2. The number of hydrogen-bond acceptors (Lipinski definition) is 7. The summed E-state index contributed by atoms with van der Waals surface area (Å²) in [6.45, 7) is 18.1. The monoisotopic (exact) mass is 733 g/mol. The lowest BCUT2D eigenvalue weighted by atomic mass is 9.60. The molecule has 5 aliphatic rings. The van der Waals surface area contributed by atoms with E-state index < -0.39 is 16.2 Å². The second-order valence-corrected chi connectivity index (χ2v) is 19.4. The van der Waals surface area contributed by atoms with Crippen LogP contribution in [-0.2, 0) is 32.4 Å². The Morgan fingerprint density at radius 2 is 1.44 bits per heavy atom. The van der Waals surface area contributed by atoms with Crippen molar-refractivity contribution in [2.45, 2.75) is 123 Å². The molecular weight excluding hydrogens is 683 g/mol. The minimum absolute atomic E-state index is 0.0983. The summed E-state index contributed by atoms with van der Waals surface area (Å²) in [4.78, 5) is 29.2. The van der Waals surface area contributed by atoms with Crippen LogP contribution in [0.25, 0.3) is 0 Å². The quantitative estimate of drug-likeness (QED) is 0.187. The molecule has 2 aliphatic heterocycles. The zero-order chi connectivity index (χ0) is 38.9. The highest BCUT2D eigenvalue weighted by Crippen LogP contribution is 2.58. The number of rotatable bonds is 5. The van der Waals surface area contributed by atoms with Crippen LogP contribution in [-0.4, -0.2) is 31.5 Å². The number of hydrogen-bond donors (Lipinski definition) is 3. The van der Waals surface area contributed by atoms with Gasteiger partial charge in [-0.1, -0.05) is 84.0 Å². The van der Waals surface area contributed by atoms with Gasteiger partial charge in [0.15, 0.2) is 23.2 Å². The number of H-pyrrole nitrogens is 1. The van der Waals surface area contributed by atoms with Gasteiger partial charge in [0, 0.05) is 70.1 Å². The highest BCUT2D eigenvalue weighted by Gasteiger charge is 2.54. The van der Waals surface area contributed by atoms with Gasteiger partial charge in [0.05, 0.1) is 28.2 Å². The number of anilines is 2. The highest BCUT2D eigenvalue weighted by atomic mass is 16.1. The van der Waals surface area contributed by atoms with Crippen molar-refractivity contribution in [3.8, 4) is 6.07 Å². The topological polar surface area (TPSA) is 128 Å². The van der Waals surface area contributed by atoms with Gasteiger partial charge in [-0.15, -0.1) is 0 Å². The number of nitriles is 1. The molecule has 0 bridgehead atoms. The van der Waals surface area contributed by atoms with Crippen molar-refractivity contribution in [3.05, 3.63) is 116 Å². The maximum atomic E-state index is 15.0.